The van der Waals surface area contributed by atoms with E-state index in [0.717, 1.165) is 29.0 Å². The first-order chi connectivity index (χ1) is 15.5. The summed E-state index contributed by atoms with van der Waals surface area (Å²) < 4.78 is 16.6. The number of amides is 1. The molecule has 1 aromatic heterocycles. The molecule has 170 valence electrons. The number of rotatable bonds is 11. The Morgan fingerprint density at radius 2 is 1.88 bits per heavy atom. The van der Waals surface area contributed by atoms with E-state index in [1.807, 2.05) is 50.2 Å². The Hall–Kier alpha value is -3.32. The molecule has 2 aromatic carbocycles. The molecule has 0 saturated carbocycles. The van der Waals surface area contributed by atoms with Crippen LogP contribution in [0.2, 0.25) is 0 Å². The van der Waals surface area contributed by atoms with E-state index < -0.39 is 0 Å². The fourth-order valence-corrected chi connectivity index (χ4v) is 3.33. The fourth-order valence-electron chi connectivity index (χ4n) is 3.33. The van der Waals surface area contributed by atoms with E-state index in [-0.39, 0.29) is 11.9 Å². The fraction of sp³-hybridized carbons (Fsp3) is 0.360. The predicted molar refractivity (Wildman–Crippen MR) is 123 cm³/mol. The molecule has 1 heterocycles. The summed E-state index contributed by atoms with van der Waals surface area (Å²) >= 11 is 0. The number of benzene rings is 2. The molecule has 0 aliphatic carbocycles. The zero-order valence-electron chi connectivity index (χ0n) is 19.1. The topological polar surface area (TPSA) is 76.8 Å². The standard InChI is InChI=1S/C25H31N3O4/c1-5-18(2)26-25(29)22-17-32-24(27-22)16-28(14-19-9-7-6-8-10-19)15-20-13-21(30-3)11-12-23(20)31-4/h6-13,17-18H,5,14-16H2,1-4H3,(H,26,29)/t18-/m0/s1. The Bertz CT molecular complexity index is 1000. The molecule has 0 fully saturated rings. The molecule has 7 heteroatoms. The lowest BCUT2D eigenvalue weighted by atomic mass is 10.1. The van der Waals surface area contributed by atoms with Gasteiger partial charge in [0.15, 0.2) is 5.69 Å². The molecule has 0 aliphatic heterocycles. The van der Waals surface area contributed by atoms with E-state index in [0.29, 0.717) is 31.2 Å². The van der Waals surface area contributed by atoms with Crippen LogP contribution in [0, 0.1) is 0 Å². The zero-order valence-corrected chi connectivity index (χ0v) is 19.1. The minimum absolute atomic E-state index is 0.0813. The lowest BCUT2D eigenvalue weighted by Gasteiger charge is -2.22. The lowest BCUT2D eigenvalue weighted by molar-refractivity contribution is 0.0934. The highest BCUT2D eigenvalue weighted by molar-refractivity contribution is 5.92. The third kappa shape index (κ3) is 6.34. The molecule has 32 heavy (non-hydrogen) atoms. The molecule has 1 atom stereocenters. The smallest absolute Gasteiger partial charge is 0.273 e. The van der Waals surface area contributed by atoms with Crippen LogP contribution >= 0.6 is 0 Å². The molecule has 1 N–H and O–H groups in total. The van der Waals surface area contributed by atoms with Crippen LogP contribution in [0.4, 0.5) is 0 Å². The maximum absolute atomic E-state index is 12.4. The van der Waals surface area contributed by atoms with Crippen LogP contribution < -0.4 is 14.8 Å². The van der Waals surface area contributed by atoms with Crippen LogP contribution in [-0.2, 0) is 19.6 Å². The summed E-state index contributed by atoms with van der Waals surface area (Å²) in [5.74, 6) is 1.81. The van der Waals surface area contributed by atoms with Crippen molar-refractivity contribution in [2.75, 3.05) is 14.2 Å². The summed E-state index contributed by atoms with van der Waals surface area (Å²) in [6, 6.07) is 16.0. The van der Waals surface area contributed by atoms with Gasteiger partial charge in [0.05, 0.1) is 20.8 Å². The van der Waals surface area contributed by atoms with E-state index in [4.69, 9.17) is 13.9 Å². The lowest BCUT2D eigenvalue weighted by Crippen LogP contribution is -2.32. The molecule has 0 aliphatic rings. The number of nitrogens with zero attached hydrogens (tertiary/aromatic N) is 2. The molecule has 0 radical (unpaired) electrons. The van der Waals surface area contributed by atoms with Gasteiger partial charge in [0.2, 0.25) is 5.89 Å². The molecule has 0 unspecified atom stereocenters. The second kappa shape index (κ2) is 11.3. The van der Waals surface area contributed by atoms with E-state index in [9.17, 15) is 4.79 Å². The van der Waals surface area contributed by atoms with Crippen LogP contribution in [0.1, 0.15) is 47.8 Å². The molecule has 1 amide bonds. The Kier molecular flexibility index (Phi) is 8.27. The summed E-state index contributed by atoms with van der Waals surface area (Å²) in [5.41, 5.74) is 2.44. The molecule has 7 nitrogen and oxygen atoms in total. The Morgan fingerprint density at radius 1 is 1.09 bits per heavy atom. The summed E-state index contributed by atoms with van der Waals surface area (Å²) in [6.45, 7) is 5.69. The monoisotopic (exact) mass is 437 g/mol. The first kappa shape index (κ1) is 23.3. The van der Waals surface area contributed by atoms with E-state index >= 15 is 0 Å². The Balaban J connectivity index is 1.81. The summed E-state index contributed by atoms with van der Waals surface area (Å²) in [5, 5.41) is 2.91. The summed E-state index contributed by atoms with van der Waals surface area (Å²) in [4.78, 5) is 19.0. The molecule has 0 spiro atoms. The summed E-state index contributed by atoms with van der Waals surface area (Å²) in [6.07, 6.45) is 2.27. The largest absolute Gasteiger partial charge is 0.497 e. The second-order valence-corrected chi connectivity index (χ2v) is 7.72. The van der Waals surface area contributed by atoms with Gasteiger partial charge in [0, 0.05) is 24.7 Å². The number of oxazole rings is 1. The van der Waals surface area contributed by atoms with Crippen LogP contribution in [0.3, 0.4) is 0 Å². The predicted octanol–water partition coefficient (Wildman–Crippen LogP) is 4.42. The van der Waals surface area contributed by atoms with Gasteiger partial charge in [0.1, 0.15) is 17.8 Å². The zero-order chi connectivity index (χ0) is 22.9. The second-order valence-electron chi connectivity index (χ2n) is 7.72. The number of carbonyl (C=O) groups is 1. The van der Waals surface area contributed by atoms with Crippen molar-refractivity contribution in [1.82, 2.24) is 15.2 Å². The van der Waals surface area contributed by atoms with Crippen molar-refractivity contribution in [3.8, 4) is 11.5 Å². The van der Waals surface area contributed by atoms with Crippen LogP contribution in [0.15, 0.2) is 59.2 Å². The molecule has 3 aromatic rings. The first-order valence-electron chi connectivity index (χ1n) is 10.7. The molecular weight excluding hydrogens is 406 g/mol. The van der Waals surface area contributed by atoms with E-state index in [2.05, 4.69) is 27.3 Å². The van der Waals surface area contributed by atoms with Gasteiger partial charge in [-0.2, -0.15) is 0 Å². The molecule has 3 rings (SSSR count). The third-order valence-corrected chi connectivity index (χ3v) is 5.26. The van der Waals surface area contributed by atoms with Crippen LogP contribution in [0.25, 0.3) is 0 Å². The van der Waals surface area contributed by atoms with Crippen molar-refractivity contribution in [3.05, 3.63) is 77.5 Å². The number of hydrogen-bond acceptors (Lipinski definition) is 6. The quantitative estimate of drug-likeness (QED) is 0.478. The number of hydrogen-bond donors (Lipinski definition) is 1. The average Bonchev–Trinajstić information content (AvgIpc) is 3.28. The van der Waals surface area contributed by atoms with Gasteiger partial charge in [-0.15, -0.1) is 0 Å². The van der Waals surface area contributed by atoms with Gasteiger partial charge in [-0.1, -0.05) is 37.3 Å². The highest BCUT2D eigenvalue weighted by Crippen LogP contribution is 2.26. The number of nitrogens with one attached hydrogen (secondary N) is 1. The van der Waals surface area contributed by atoms with E-state index in [1.165, 1.54) is 6.26 Å². The SMILES string of the molecule is CC[C@H](C)NC(=O)c1coc(CN(Cc2ccccc2)Cc2cc(OC)ccc2OC)n1. The van der Waals surface area contributed by atoms with Gasteiger partial charge in [-0.25, -0.2) is 4.98 Å². The highest BCUT2D eigenvalue weighted by Gasteiger charge is 2.18. The maximum Gasteiger partial charge on any atom is 0.273 e. The third-order valence-electron chi connectivity index (χ3n) is 5.26. The molecular formula is C25H31N3O4. The minimum atomic E-state index is -0.224. The van der Waals surface area contributed by atoms with Gasteiger partial charge < -0.3 is 19.2 Å². The van der Waals surface area contributed by atoms with Gasteiger partial charge in [0.25, 0.3) is 5.91 Å². The van der Waals surface area contributed by atoms with Crippen molar-refractivity contribution in [1.29, 1.82) is 0 Å². The number of methoxy groups -OCH3 is 2. The van der Waals surface area contributed by atoms with Crippen molar-refractivity contribution in [2.24, 2.45) is 0 Å². The average molecular weight is 438 g/mol. The van der Waals surface area contributed by atoms with Crippen LogP contribution in [-0.4, -0.2) is 36.1 Å². The van der Waals surface area contributed by atoms with Crippen LogP contribution in [0.5, 0.6) is 11.5 Å². The number of aromatic nitrogens is 1. The molecule has 0 saturated heterocycles. The summed E-state index contributed by atoms with van der Waals surface area (Å²) in [7, 11) is 3.30. The molecule has 0 bridgehead atoms. The van der Waals surface area contributed by atoms with Gasteiger partial charge >= 0.3 is 0 Å². The normalized spacial score (nSPS) is 11.9. The first-order valence-corrected chi connectivity index (χ1v) is 10.7. The van der Waals surface area contributed by atoms with Crippen molar-refractivity contribution in [3.63, 3.8) is 0 Å². The Labute approximate surface area is 189 Å². The maximum atomic E-state index is 12.4. The van der Waals surface area contributed by atoms with Gasteiger partial charge in [-0.05, 0) is 37.1 Å². The number of ether oxygens (including phenoxy) is 2. The Morgan fingerprint density at radius 3 is 2.56 bits per heavy atom. The van der Waals surface area contributed by atoms with Gasteiger partial charge in [-0.3, -0.25) is 9.69 Å². The van der Waals surface area contributed by atoms with E-state index in [1.54, 1.807) is 14.2 Å². The van der Waals surface area contributed by atoms with Crippen molar-refractivity contribution < 1.29 is 18.7 Å². The minimum Gasteiger partial charge on any atom is -0.497 e. The van der Waals surface area contributed by atoms with Crippen molar-refractivity contribution in [2.45, 2.75) is 45.9 Å². The van der Waals surface area contributed by atoms with Crippen molar-refractivity contribution >= 4 is 5.91 Å². The number of carbonyl (C=O) groups excluding carboxylic acids is 1. The highest BCUT2D eigenvalue weighted by atomic mass is 16.5.